The summed E-state index contributed by atoms with van der Waals surface area (Å²) in [6.45, 7) is 9.23. The molecule has 0 saturated carbocycles. The molecule has 4 heteroatoms. The molecule has 0 spiro atoms. The van der Waals surface area contributed by atoms with Gasteiger partial charge in [-0.15, -0.1) is 0 Å². The van der Waals surface area contributed by atoms with Gasteiger partial charge >= 0.3 is 0 Å². The van der Waals surface area contributed by atoms with Crippen LogP contribution < -0.4 is 10.1 Å². The Labute approximate surface area is 128 Å². The van der Waals surface area contributed by atoms with Gasteiger partial charge in [0.15, 0.2) is 0 Å². The molecule has 0 aromatic heterocycles. The van der Waals surface area contributed by atoms with Crippen LogP contribution in [0.4, 0.5) is 5.69 Å². The molecule has 1 aromatic rings. The van der Waals surface area contributed by atoms with E-state index in [0.29, 0.717) is 19.1 Å². The van der Waals surface area contributed by atoms with Crippen LogP contribution in [0.5, 0.6) is 5.75 Å². The zero-order valence-electron chi connectivity index (χ0n) is 13.8. The number of nitrogens with one attached hydrogen (secondary N) is 1. The lowest BCUT2D eigenvalue weighted by Crippen LogP contribution is -2.27. The molecule has 0 amide bonds. The number of aliphatic hydroxyl groups excluding tert-OH is 1. The van der Waals surface area contributed by atoms with Crippen molar-refractivity contribution >= 4 is 5.69 Å². The highest BCUT2D eigenvalue weighted by atomic mass is 16.5. The lowest BCUT2D eigenvalue weighted by Gasteiger charge is -2.19. The van der Waals surface area contributed by atoms with Gasteiger partial charge in [-0.1, -0.05) is 13.8 Å². The van der Waals surface area contributed by atoms with E-state index in [1.165, 1.54) is 0 Å². The fourth-order valence-corrected chi connectivity index (χ4v) is 2.26. The van der Waals surface area contributed by atoms with E-state index in [2.05, 4.69) is 19.2 Å². The van der Waals surface area contributed by atoms with Gasteiger partial charge < -0.3 is 19.9 Å². The van der Waals surface area contributed by atoms with Crippen LogP contribution in [0.25, 0.3) is 0 Å². The average molecular weight is 295 g/mol. The summed E-state index contributed by atoms with van der Waals surface area (Å²) in [5.41, 5.74) is 2.10. The molecule has 1 rings (SSSR count). The number of aliphatic hydroxyl groups is 1. The molecular formula is C17H29NO3. The molecule has 0 fully saturated rings. The normalized spacial score (nSPS) is 14.0. The zero-order chi connectivity index (χ0) is 15.8. The summed E-state index contributed by atoms with van der Waals surface area (Å²) >= 11 is 0. The van der Waals surface area contributed by atoms with Crippen molar-refractivity contribution in [3.8, 4) is 5.75 Å². The fourth-order valence-electron chi connectivity index (χ4n) is 2.26. The van der Waals surface area contributed by atoms with Gasteiger partial charge in [-0.3, -0.25) is 0 Å². The van der Waals surface area contributed by atoms with Crippen LogP contribution >= 0.6 is 0 Å². The smallest absolute Gasteiger partial charge is 0.119 e. The van der Waals surface area contributed by atoms with E-state index in [0.717, 1.165) is 23.4 Å². The van der Waals surface area contributed by atoms with Gasteiger partial charge in [0.1, 0.15) is 5.75 Å². The molecule has 1 aromatic carbocycles. The molecule has 4 nitrogen and oxygen atoms in total. The SMILES string of the molecule is COc1ccc(NCC(O)COC(C)CC(C)C)c(C)c1. The van der Waals surface area contributed by atoms with Gasteiger partial charge in [0.05, 0.1) is 25.9 Å². The summed E-state index contributed by atoms with van der Waals surface area (Å²) < 4.78 is 10.8. The molecule has 2 unspecified atom stereocenters. The number of ether oxygens (including phenoxy) is 2. The molecule has 0 heterocycles. The van der Waals surface area contributed by atoms with Crippen molar-refractivity contribution in [2.24, 2.45) is 5.92 Å². The maximum Gasteiger partial charge on any atom is 0.119 e. The average Bonchev–Trinajstić information content (AvgIpc) is 2.43. The van der Waals surface area contributed by atoms with E-state index in [1.807, 2.05) is 32.0 Å². The zero-order valence-corrected chi connectivity index (χ0v) is 13.8. The van der Waals surface area contributed by atoms with Gasteiger partial charge in [0.25, 0.3) is 0 Å². The van der Waals surface area contributed by atoms with Gasteiger partial charge in [-0.05, 0) is 49.9 Å². The van der Waals surface area contributed by atoms with E-state index < -0.39 is 6.10 Å². The Morgan fingerprint density at radius 2 is 1.95 bits per heavy atom. The first-order valence-electron chi connectivity index (χ1n) is 7.60. The Bertz CT molecular complexity index is 420. The number of hydrogen-bond acceptors (Lipinski definition) is 4. The van der Waals surface area contributed by atoms with Gasteiger partial charge in [-0.2, -0.15) is 0 Å². The van der Waals surface area contributed by atoms with E-state index in [-0.39, 0.29) is 6.10 Å². The Morgan fingerprint density at radius 1 is 1.24 bits per heavy atom. The lowest BCUT2D eigenvalue weighted by molar-refractivity contribution is -0.00444. The second-order valence-corrected chi connectivity index (χ2v) is 5.99. The van der Waals surface area contributed by atoms with Crippen LogP contribution in [-0.4, -0.2) is 37.6 Å². The highest BCUT2D eigenvalue weighted by Crippen LogP contribution is 2.20. The number of anilines is 1. The molecule has 2 atom stereocenters. The minimum Gasteiger partial charge on any atom is -0.497 e. The number of methoxy groups -OCH3 is 1. The Balaban J connectivity index is 2.34. The number of aryl methyl sites for hydroxylation is 1. The molecule has 0 aliphatic carbocycles. The number of benzene rings is 1. The molecule has 0 aliphatic heterocycles. The summed E-state index contributed by atoms with van der Waals surface area (Å²) in [5.74, 6) is 1.45. The highest BCUT2D eigenvalue weighted by molar-refractivity contribution is 5.53. The molecule has 21 heavy (non-hydrogen) atoms. The van der Waals surface area contributed by atoms with Crippen LogP contribution in [-0.2, 0) is 4.74 Å². The predicted octanol–water partition coefficient (Wildman–Crippen LogP) is 3.23. The number of rotatable bonds is 9. The highest BCUT2D eigenvalue weighted by Gasteiger charge is 2.10. The molecule has 0 bridgehead atoms. The van der Waals surface area contributed by atoms with Crippen molar-refractivity contribution in [2.45, 2.75) is 46.3 Å². The molecule has 0 radical (unpaired) electrons. The molecular weight excluding hydrogens is 266 g/mol. The molecule has 120 valence electrons. The third kappa shape index (κ3) is 6.82. The van der Waals surface area contributed by atoms with E-state index >= 15 is 0 Å². The summed E-state index contributed by atoms with van der Waals surface area (Å²) in [6.07, 6.45) is 0.682. The van der Waals surface area contributed by atoms with E-state index in [9.17, 15) is 5.11 Å². The minimum absolute atomic E-state index is 0.183. The quantitative estimate of drug-likeness (QED) is 0.734. The van der Waals surface area contributed by atoms with Gasteiger partial charge in [0.2, 0.25) is 0 Å². The first-order chi connectivity index (χ1) is 9.92. The number of hydrogen-bond donors (Lipinski definition) is 2. The fraction of sp³-hybridized carbons (Fsp3) is 0.647. The Morgan fingerprint density at radius 3 is 2.52 bits per heavy atom. The second kappa shape index (κ2) is 8.90. The standard InChI is InChI=1S/C17H29NO3/c1-12(2)8-14(4)21-11-15(19)10-18-17-7-6-16(20-5)9-13(17)3/h6-7,9,12,14-15,18-19H,8,10-11H2,1-5H3. The first kappa shape index (κ1) is 17.8. The van der Waals surface area contributed by atoms with Gasteiger partial charge in [-0.25, -0.2) is 0 Å². The maximum absolute atomic E-state index is 9.97. The molecule has 0 saturated heterocycles. The Kier molecular flexibility index (Phi) is 7.54. The van der Waals surface area contributed by atoms with Crippen molar-refractivity contribution in [1.29, 1.82) is 0 Å². The van der Waals surface area contributed by atoms with E-state index in [4.69, 9.17) is 9.47 Å². The summed E-state index contributed by atoms with van der Waals surface area (Å²) in [6, 6.07) is 5.84. The van der Waals surface area contributed by atoms with Crippen LogP contribution in [0.1, 0.15) is 32.8 Å². The first-order valence-corrected chi connectivity index (χ1v) is 7.60. The maximum atomic E-state index is 9.97. The van der Waals surface area contributed by atoms with Crippen LogP contribution in [0.15, 0.2) is 18.2 Å². The monoisotopic (exact) mass is 295 g/mol. The summed E-state index contributed by atoms with van der Waals surface area (Å²) in [5, 5.41) is 13.2. The molecule has 0 aliphatic rings. The second-order valence-electron chi connectivity index (χ2n) is 5.99. The van der Waals surface area contributed by atoms with Crippen molar-refractivity contribution in [3.05, 3.63) is 23.8 Å². The molecule has 2 N–H and O–H groups in total. The third-order valence-corrected chi connectivity index (χ3v) is 3.34. The van der Waals surface area contributed by atoms with Crippen molar-refractivity contribution in [1.82, 2.24) is 0 Å². The third-order valence-electron chi connectivity index (χ3n) is 3.34. The Hall–Kier alpha value is -1.26. The van der Waals surface area contributed by atoms with E-state index in [1.54, 1.807) is 7.11 Å². The van der Waals surface area contributed by atoms with Crippen LogP contribution in [0.2, 0.25) is 0 Å². The van der Waals surface area contributed by atoms with Crippen LogP contribution in [0, 0.1) is 12.8 Å². The minimum atomic E-state index is -0.513. The van der Waals surface area contributed by atoms with Crippen LogP contribution in [0.3, 0.4) is 0 Å². The lowest BCUT2D eigenvalue weighted by atomic mass is 10.1. The van der Waals surface area contributed by atoms with Crippen molar-refractivity contribution in [3.63, 3.8) is 0 Å². The van der Waals surface area contributed by atoms with Gasteiger partial charge in [0, 0.05) is 12.2 Å². The van der Waals surface area contributed by atoms with Crippen molar-refractivity contribution in [2.75, 3.05) is 25.6 Å². The van der Waals surface area contributed by atoms with Crippen molar-refractivity contribution < 1.29 is 14.6 Å². The largest absolute Gasteiger partial charge is 0.497 e. The summed E-state index contributed by atoms with van der Waals surface area (Å²) in [4.78, 5) is 0. The topological polar surface area (TPSA) is 50.7 Å². The predicted molar refractivity (Wildman–Crippen MR) is 87.1 cm³/mol. The summed E-state index contributed by atoms with van der Waals surface area (Å²) in [7, 11) is 1.65.